The highest BCUT2D eigenvalue weighted by Crippen LogP contribution is 2.51. The minimum Gasteiger partial charge on any atom is -0.390 e. The maximum absolute atomic E-state index is 12.7. The first-order valence-corrected chi connectivity index (χ1v) is 8.19. The first kappa shape index (κ1) is 17.9. The fraction of sp³-hybridized carbons (Fsp3) is 0.368. The summed E-state index contributed by atoms with van der Waals surface area (Å²) in [7, 11) is 0. The van der Waals surface area contributed by atoms with E-state index in [1.54, 1.807) is 6.07 Å². The largest absolute Gasteiger partial charge is 0.416 e. The lowest BCUT2D eigenvalue weighted by Gasteiger charge is -2.20. The zero-order valence-electron chi connectivity index (χ0n) is 13.6. The van der Waals surface area contributed by atoms with Gasteiger partial charge in [-0.3, -0.25) is 0 Å². The van der Waals surface area contributed by atoms with Crippen molar-refractivity contribution in [2.75, 3.05) is 6.54 Å². The van der Waals surface area contributed by atoms with Crippen LogP contribution in [0.1, 0.15) is 29.0 Å². The summed E-state index contributed by atoms with van der Waals surface area (Å²) >= 11 is 0. The number of aliphatic hydroxyl groups is 1. The maximum atomic E-state index is 12.7. The summed E-state index contributed by atoms with van der Waals surface area (Å²) in [5.74, 6) is 0.110. The van der Waals surface area contributed by atoms with Crippen molar-refractivity contribution in [1.29, 1.82) is 0 Å². The van der Waals surface area contributed by atoms with E-state index in [2.05, 4.69) is 5.32 Å². The van der Waals surface area contributed by atoms with Gasteiger partial charge in [0.2, 0.25) is 0 Å². The van der Waals surface area contributed by atoms with Crippen LogP contribution in [0.4, 0.5) is 13.2 Å². The van der Waals surface area contributed by atoms with E-state index in [1.165, 1.54) is 6.07 Å². The smallest absolute Gasteiger partial charge is 0.390 e. The molecule has 0 heterocycles. The first-order chi connectivity index (χ1) is 11.8. The zero-order chi connectivity index (χ0) is 18.1. The van der Waals surface area contributed by atoms with Crippen LogP contribution < -0.4 is 11.1 Å². The van der Waals surface area contributed by atoms with Crippen LogP contribution in [0.5, 0.6) is 0 Å². The normalized spacial score (nSPS) is 24.1. The predicted molar refractivity (Wildman–Crippen MR) is 89.9 cm³/mol. The third-order valence-corrected chi connectivity index (χ3v) is 4.79. The van der Waals surface area contributed by atoms with Crippen molar-refractivity contribution >= 4 is 0 Å². The molecule has 4 N–H and O–H groups in total. The number of alkyl halides is 3. The van der Waals surface area contributed by atoms with Gasteiger partial charge < -0.3 is 16.2 Å². The Balaban J connectivity index is 1.53. The summed E-state index contributed by atoms with van der Waals surface area (Å²) in [6.07, 6.45) is -4.42. The molecule has 1 saturated carbocycles. The van der Waals surface area contributed by atoms with Crippen molar-refractivity contribution in [3.8, 4) is 0 Å². The number of hydrogen-bond acceptors (Lipinski definition) is 3. The lowest BCUT2D eigenvalue weighted by atomic mass is 10.0. The van der Waals surface area contributed by atoms with Gasteiger partial charge in [-0.15, -0.1) is 0 Å². The molecule has 0 aliphatic heterocycles. The lowest BCUT2D eigenvalue weighted by molar-refractivity contribution is -0.137. The third-order valence-electron chi connectivity index (χ3n) is 4.79. The van der Waals surface area contributed by atoms with Crippen LogP contribution >= 0.6 is 0 Å². The molecule has 3 rings (SSSR count). The molecule has 0 bridgehead atoms. The van der Waals surface area contributed by atoms with Gasteiger partial charge in [0, 0.05) is 19.0 Å². The van der Waals surface area contributed by atoms with Gasteiger partial charge in [0.15, 0.2) is 0 Å². The third kappa shape index (κ3) is 4.03. The van der Waals surface area contributed by atoms with Crippen molar-refractivity contribution in [1.82, 2.24) is 5.32 Å². The second-order valence-electron chi connectivity index (χ2n) is 6.62. The Bertz CT molecular complexity index is 720. The molecular weight excluding hydrogens is 329 g/mol. The van der Waals surface area contributed by atoms with E-state index in [1.807, 2.05) is 30.3 Å². The van der Waals surface area contributed by atoms with Crippen molar-refractivity contribution < 1.29 is 18.3 Å². The minimum atomic E-state index is -4.35. The van der Waals surface area contributed by atoms with Crippen molar-refractivity contribution in [3.63, 3.8) is 0 Å². The van der Waals surface area contributed by atoms with Crippen LogP contribution in [0.2, 0.25) is 0 Å². The number of aliphatic hydroxyl groups excluding tert-OH is 1. The molecule has 3 atom stereocenters. The molecule has 0 amide bonds. The number of nitrogens with one attached hydrogen (secondary N) is 1. The van der Waals surface area contributed by atoms with Gasteiger partial charge in [-0.25, -0.2) is 0 Å². The Morgan fingerprint density at radius 3 is 2.56 bits per heavy atom. The summed E-state index contributed by atoms with van der Waals surface area (Å²) in [6.45, 7) is 0.475. The Morgan fingerprint density at radius 2 is 1.88 bits per heavy atom. The van der Waals surface area contributed by atoms with Crippen molar-refractivity contribution in [2.45, 2.75) is 36.7 Å². The molecule has 1 aliphatic carbocycles. The SMILES string of the molecule is NC1(C(O)CNCc2cccc(C(F)(F)F)c2)CC1c1ccccc1. The summed E-state index contributed by atoms with van der Waals surface area (Å²) in [6, 6.07) is 14.9. The Hall–Kier alpha value is -1.89. The second kappa shape index (κ2) is 6.78. The van der Waals surface area contributed by atoms with Crippen LogP contribution in [-0.2, 0) is 12.7 Å². The topological polar surface area (TPSA) is 58.3 Å². The summed E-state index contributed by atoms with van der Waals surface area (Å²) in [4.78, 5) is 0. The highest BCUT2D eigenvalue weighted by molar-refractivity contribution is 5.34. The Kier molecular flexibility index (Phi) is 4.86. The average Bonchev–Trinajstić information content (AvgIpc) is 3.28. The quantitative estimate of drug-likeness (QED) is 0.751. The summed E-state index contributed by atoms with van der Waals surface area (Å²) in [5, 5.41) is 13.4. The molecule has 2 aromatic carbocycles. The van der Waals surface area contributed by atoms with E-state index in [-0.39, 0.29) is 19.0 Å². The van der Waals surface area contributed by atoms with E-state index in [0.717, 1.165) is 17.7 Å². The number of rotatable bonds is 6. The van der Waals surface area contributed by atoms with Crippen molar-refractivity contribution in [2.24, 2.45) is 5.73 Å². The molecule has 2 aromatic rings. The summed E-state index contributed by atoms with van der Waals surface area (Å²) in [5.41, 5.74) is 6.55. The van der Waals surface area contributed by atoms with Crippen LogP contribution in [-0.4, -0.2) is 23.3 Å². The van der Waals surface area contributed by atoms with Crippen LogP contribution in [0.25, 0.3) is 0 Å². The van der Waals surface area contributed by atoms with E-state index in [0.29, 0.717) is 12.0 Å². The molecule has 0 radical (unpaired) electrons. The van der Waals surface area contributed by atoms with Gasteiger partial charge in [-0.2, -0.15) is 13.2 Å². The summed E-state index contributed by atoms with van der Waals surface area (Å²) < 4.78 is 38.1. The number of halogens is 3. The van der Waals surface area contributed by atoms with E-state index < -0.39 is 23.4 Å². The van der Waals surface area contributed by atoms with Gasteiger partial charge >= 0.3 is 6.18 Å². The average molecular weight is 350 g/mol. The number of benzene rings is 2. The van der Waals surface area contributed by atoms with Crippen LogP contribution in [0.3, 0.4) is 0 Å². The van der Waals surface area contributed by atoms with E-state index in [4.69, 9.17) is 5.73 Å². The van der Waals surface area contributed by atoms with E-state index >= 15 is 0 Å². The number of nitrogens with two attached hydrogens (primary N) is 1. The fourth-order valence-electron chi connectivity index (χ4n) is 3.18. The first-order valence-electron chi connectivity index (χ1n) is 8.19. The molecule has 3 unspecified atom stereocenters. The Morgan fingerprint density at radius 1 is 1.16 bits per heavy atom. The molecule has 3 nitrogen and oxygen atoms in total. The standard InChI is InChI=1S/C19H21F3N2O/c20-19(21,22)15-8-4-5-13(9-15)11-24-12-17(25)18(23)10-16(18)14-6-2-1-3-7-14/h1-9,16-17,24-25H,10-12,23H2. The van der Waals surface area contributed by atoms with Gasteiger partial charge in [-0.1, -0.05) is 48.5 Å². The highest BCUT2D eigenvalue weighted by atomic mass is 19.4. The van der Waals surface area contributed by atoms with Crippen LogP contribution in [0.15, 0.2) is 54.6 Å². The second-order valence-corrected chi connectivity index (χ2v) is 6.62. The Labute approximate surface area is 144 Å². The van der Waals surface area contributed by atoms with Crippen LogP contribution in [0, 0.1) is 0 Å². The molecule has 25 heavy (non-hydrogen) atoms. The molecule has 134 valence electrons. The minimum absolute atomic E-state index is 0.110. The van der Waals surface area contributed by atoms with Crippen molar-refractivity contribution in [3.05, 3.63) is 71.3 Å². The molecule has 6 heteroatoms. The predicted octanol–water partition coefficient (Wildman–Crippen LogP) is 3.04. The van der Waals surface area contributed by atoms with Gasteiger partial charge in [0.25, 0.3) is 0 Å². The van der Waals surface area contributed by atoms with Gasteiger partial charge in [0.1, 0.15) is 0 Å². The highest BCUT2D eigenvalue weighted by Gasteiger charge is 2.56. The van der Waals surface area contributed by atoms with E-state index in [9.17, 15) is 18.3 Å². The monoisotopic (exact) mass is 350 g/mol. The molecule has 0 saturated heterocycles. The zero-order valence-corrected chi connectivity index (χ0v) is 13.6. The molecular formula is C19H21F3N2O. The molecule has 0 aromatic heterocycles. The fourth-order valence-corrected chi connectivity index (χ4v) is 3.18. The molecule has 1 aliphatic rings. The number of hydrogen-bond donors (Lipinski definition) is 3. The molecule has 0 spiro atoms. The van der Waals surface area contributed by atoms with Gasteiger partial charge in [0.05, 0.1) is 17.2 Å². The lowest BCUT2D eigenvalue weighted by Crippen LogP contribution is -2.45. The van der Waals surface area contributed by atoms with Gasteiger partial charge in [-0.05, 0) is 23.6 Å². The molecule has 1 fully saturated rings. The maximum Gasteiger partial charge on any atom is 0.416 e.